The van der Waals surface area contributed by atoms with Crippen LogP contribution in [0.3, 0.4) is 0 Å². The Morgan fingerprint density at radius 1 is 1.35 bits per heavy atom. The number of anilines is 1. The first-order chi connectivity index (χ1) is 9.69. The SMILES string of the molecule is NCC#Cc1cccc(C(=O)Nc2ccc(F)cn2)c1. The van der Waals surface area contributed by atoms with Gasteiger partial charge >= 0.3 is 0 Å². The monoisotopic (exact) mass is 269 g/mol. The van der Waals surface area contributed by atoms with E-state index in [0.717, 1.165) is 6.20 Å². The molecular weight excluding hydrogens is 257 g/mol. The maximum absolute atomic E-state index is 12.7. The van der Waals surface area contributed by atoms with Crippen molar-refractivity contribution in [2.24, 2.45) is 5.73 Å². The highest BCUT2D eigenvalue weighted by molar-refractivity contribution is 6.03. The highest BCUT2D eigenvalue weighted by Gasteiger charge is 2.07. The summed E-state index contributed by atoms with van der Waals surface area (Å²) in [4.78, 5) is 15.8. The van der Waals surface area contributed by atoms with Crippen molar-refractivity contribution in [1.29, 1.82) is 0 Å². The van der Waals surface area contributed by atoms with Crippen molar-refractivity contribution in [1.82, 2.24) is 4.98 Å². The molecule has 0 spiro atoms. The lowest BCUT2D eigenvalue weighted by Gasteiger charge is -2.04. The van der Waals surface area contributed by atoms with Crippen LogP contribution in [0.1, 0.15) is 15.9 Å². The molecule has 3 N–H and O–H groups in total. The molecule has 1 amide bonds. The van der Waals surface area contributed by atoms with Gasteiger partial charge in [-0.3, -0.25) is 4.79 Å². The minimum absolute atomic E-state index is 0.260. The van der Waals surface area contributed by atoms with E-state index in [4.69, 9.17) is 5.73 Å². The zero-order valence-corrected chi connectivity index (χ0v) is 10.6. The molecule has 1 heterocycles. The number of aromatic nitrogens is 1. The number of hydrogen-bond acceptors (Lipinski definition) is 3. The number of amides is 1. The standard InChI is InChI=1S/C15H12FN3O/c16-13-6-7-14(18-10-13)19-15(20)12-5-1-3-11(9-12)4-2-8-17/h1,3,5-7,9-10H,8,17H2,(H,18,19,20). The topological polar surface area (TPSA) is 68.0 Å². The molecule has 2 aromatic rings. The first-order valence-electron chi connectivity index (χ1n) is 5.91. The van der Waals surface area contributed by atoms with Gasteiger partial charge in [0.05, 0.1) is 12.7 Å². The molecule has 0 unspecified atom stereocenters. The van der Waals surface area contributed by atoms with Gasteiger partial charge in [0.25, 0.3) is 5.91 Å². The second-order valence-electron chi connectivity index (χ2n) is 3.90. The minimum Gasteiger partial charge on any atom is -0.320 e. The smallest absolute Gasteiger partial charge is 0.256 e. The number of benzene rings is 1. The molecule has 1 aromatic carbocycles. The molecule has 0 aliphatic heterocycles. The summed E-state index contributed by atoms with van der Waals surface area (Å²) in [6, 6.07) is 9.45. The normalized spacial score (nSPS) is 9.50. The van der Waals surface area contributed by atoms with Gasteiger partial charge in [-0.2, -0.15) is 0 Å². The number of nitrogens with two attached hydrogens (primary N) is 1. The first kappa shape index (κ1) is 13.7. The number of carbonyl (C=O) groups excluding carboxylic acids is 1. The van der Waals surface area contributed by atoms with Crippen molar-refractivity contribution in [2.45, 2.75) is 0 Å². The summed E-state index contributed by atoms with van der Waals surface area (Å²) >= 11 is 0. The van der Waals surface area contributed by atoms with Gasteiger partial charge in [0.1, 0.15) is 11.6 Å². The summed E-state index contributed by atoms with van der Waals surface area (Å²) in [5, 5.41) is 2.58. The van der Waals surface area contributed by atoms with E-state index in [2.05, 4.69) is 22.1 Å². The Labute approximate surface area is 115 Å². The molecule has 0 saturated heterocycles. The fraction of sp³-hybridized carbons (Fsp3) is 0.0667. The summed E-state index contributed by atoms with van der Waals surface area (Å²) in [5.74, 6) is 5.07. The van der Waals surface area contributed by atoms with E-state index in [1.165, 1.54) is 12.1 Å². The molecule has 0 atom stereocenters. The number of rotatable bonds is 2. The molecule has 4 nitrogen and oxygen atoms in total. The number of hydrogen-bond donors (Lipinski definition) is 2. The summed E-state index contributed by atoms with van der Waals surface area (Å²) in [5.41, 5.74) is 6.45. The lowest BCUT2D eigenvalue weighted by atomic mass is 10.1. The Morgan fingerprint density at radius 2 is 2.20 bits per heavy atom. The molecule has 2 rings (SSSR count). The van der Waals surface area contributed by atoms with E-state index in [1.54, 1.807) is 24.3 Å². The lowest BCUT2D eigenvalue weighted by molar-refractivity contribution is 0.102. The third kappa shape index (κ3) is 3.64. The fourth-order valence-corrected chi connectivity index (χ4v) is 1.53. The van der Waals surface area contributed by atoms with E-state index < -0.39 is 5.82 Å². The molecule has 20 heavy (non-hydrogen) atoms. The molecule has 0 saturated carbocycles. The Bertz CT molecular complexity index is 672. The molecule has 0 aliphatic rings. The molecule has 1 aromatic heterocycles. The van der Waals surface area contributed by atoms with Gasteiger partial charge in [-0.05, 0) is 30.3 Å². The highest BCUT2D eigenvalue weighted by Crippen LogP contribution is 2.09. The van der Waals surface area contributed by atoms with Gasteiger partial charge in [0, 0.05) is 11.1 Å². The molecule has 5 heteroatoms. The summed E-state index contributed by atoms with van der Waals surface area (Å²) < 4.78 is 12.7. The number of halogens is 1. The number of nitrogens with zero attached hydrogens (tertiary/aromatic N) is 1. The van der Waals surface area contributed by atoms with Crippen molar-refractivity contribution in [2.75, 3.05) is 11.9 Å². The predicted molar refractivity (Wildman–Crippen MR) is 74.5 cm³/mol. The molecule has 100 valence electrons. The van der Waals surface area contributed by atoms with Crippen molar-refractivity contribution >= 4 is 11.7 Å². The minimum atomic E-state index is -0.456. The van der Waals surface area contributed by atoms with Crippen molar-refractivity contribution in [3.63, 3.8) is 0 Å². The third-order valence-electron chi connectivity index (χ3n) is 2.43. The van der Waals surface area contributed by atoms with Gasteiger partial charge in [-0.15, -0.1) is 0 Å². The zero-order valence-electron chi connectivity index (χ0n) is 10.6. The van der Waals surface area contributed by atoms with Crippen molar-refractivity contribution in [3.05, 3.63) is 59.5 Å². The zero-order chi connectivity index (χ0) is 14.4. The van der Waals surface area contributed by atoms with Crippen molar-refractivity contribution in [3.8, 4) is 11.8 Å². The fourth-order valence-electron chi connectivity index (χ4n) is 1.53. The third-order valence-corrected chi connectivity index (χ3v) is 2.43. The van der Waals surface area contributed by atoms with Crippen LogP contribution in [0.25, 0.3) is 0 Å². The number of pyridine rings is 1. The van der Waals surface area contributed by atoms with Crippen LogP contribution < -0.4 is 11.1 Å². The molecule has 0 bridgehead atoms. The van der Waals surface area contributed by atoms with Gasteiger partial charge in [0.15, 0.2) is 0 Å². The van der Waals surface area contributed by atoms with Crippen LogP contribution in [-0.2, 0) is 0 Å². The van der Waals surface area contributed by atoms with Gasteiger partial charge < -0.3 is 11.1 Å². The van der Waals surface area contributed by atoms with E-state index in [9.17, 15) is 9.18 Å². The average molecular weight is 269 g/mol. The largest absolute Gasteiger partial charge is 0.320 e. The average Bonchev–Trinajstić information content (AvgIpc) is 2.48. The van der Waals surface area contributed by atoms with Crippen LogP contribution in [0.4, 0.5) is 10.2 Å². The molecule has 0 radical (unpaired) electrons. The van der Waals surface area contributed by atoms with Crippen molar-refractivity contribution < 1.29 is 9.18 Å². The van der Waals surface area contributed by atoms with Gasteiger partial charge in [-0.25, -0.2) is 9.37 Å². The maximum Gasteiger partial charge on any atom is 0.256 e. The quantitative estimate of drug-likeness (QED) is 0.817. The van der Waals surface area contributed by atoms with Crippen LogP contribution in [0.15, 0.2) is 42.6 Å². The lowest BCUT2D eigenvalue weighted by Crippen LogP contribution is -2.13. The van der Waals surface area contributed by atoms with E-state index >= 15 is 0 Å². The highest BCUT2D eigenvalue weighted by atomic mass is 19.1. The predicted octanol–water partition coefficient (Wildman–Crippen LogP) is 1.78. The Morgan fingerprint density at radius 3 is 2.90 bits per heavy atom. The van der Waals surface area contributed by atoms with E-state index in [-0.39, 0.29) is 18.3 Å². The molecule has 0 aliphatic carbocycles. The number of nitrogens with one attached hydrogen (secondary N) is 1. The van der Waals surface area contributed by atoms with E-state index in [1.807, 2.05) is 0 Å². The summed E-state index contributed by atoms with van der Waals surface area (Å²) in [7, 11) is 0. The summed E-state index contributed by atoms with van der Waals surface area (Å²) in [6.45, 7) is 0.260. The Balaban J connectivity index is 2.14. The van der Waals surface area contributed by atoms with Crippen LogP contribution >= 0.6 is 0 Å². The molecule has 0 fully saturated rings. The Hall–Kier alpha value is -2.71. The second kappa shape index (κ2) is 6.45. The van der Waals surface area contributed by atoms with Crippen LogP contribution in [0.2, 0.25) is 0 Å². The second-order valence-corrected chi connectivity index (χ2v) is 3.90. The first-order valence-corrected chi connectivity index (χ1v) is 5.91. The summed E-state index contributed by atoms with van der Waals surface area (Å²) in [6.07, 6.45) is 1.04. The number of carbonyl (C=O) groups is 1. The molecular formula is C15H12FN3O. The van der Waals surface area contributed by atoms with Crippen LogP contribution in [-0.4, -0.2) is 17.4 Å². The Kier molecular flexibility index (Phi) is 4.43. The van der Waals surface area contributed by atoms with Gasteiger partial charge in [-0.1, -0.05) is 17.9 Å². The van der Waals surface area contributed by atoms with Gasteiger partial charge in [0.2, 0.25) is 0 Å². The van der Waals surface area contributed by atoms with Crippen LogP contribution in [0.5, 0.6) is 0 Å². The van der Waals surface area contributed by atoms with E-state index in [0.29, 0.717) is 11.1 Å². The maximum atomic E-state index is 12.7. The van der Waals surface area contributed by atoms with Crippen LogP contribution in [0, 0.1) is 17.7 Å².